The van der Waals surface area contributed by atoms with Gasteiger partial charge >= 0.3 is 0 Å². The number of nitrogens with zero attached hydrogens (tertiary/aromatic N) is 2. The highest BCUT2D eigenvalue weighted by atomic mass is 32.1. The Morgan fingerprint density at radius 3 is 2.60 bits per heavy atom. The molecule has 0 aliphatic carbocycles. The van der Waals surface area contributed by atoms with Gasteiger partial charge in [-0.1, -0.05) is 0 Å². The van der Waals surface area contributed by atoms with E-state index in [1.807, 2.05) is 0 Å². The summed E-state index contributed by atoms with van der Waals surface area (Å²) in [7, 11) is 0. The highest BCUT2D eigenvalue weighted by molar-refractivity contribution is 7.15. The number of hydrogen-bond donors (Lipinski definition) is 1. The Morgan fingerprint density at radius 2 is 2.00 bits per heavy atom. The molecule has 0 aromatic carbocycles. The van der Waals surface area contributed by atoms with E-state index in [2.05, 4.69) is 56.2 Å². The third kappa shape index (κ3) is 4.15. The van der Waals surface area contributed by atoms with Crippen LogP contribution in [-0.4, -0.2) is 22.3 Å². The van der Waals surface area contributed by atoms with Crippen molar-refractivity contribution in [1.29, 1.82) is 0 Å². The van der Waals surface area contributed by atoms with Crippen LogP contribution in [0.4, 0.5) is 0 Å². The monoisotopic (exact) mass is 293 g/mol. The molecule has 1 N–H and O–H groups in total. The van der Waals surface area contributed by atoms with Crippen LogP contribution in [0.15, 0.2) is 10.5 Å². The second-order valence-corrected chi connectivity index (χ2v) is 7.39. The van der Waals surface area contributed by atoms with E-state index in [0.29, 0.717) is 5.89 Å². The molecule has 5 heteroatoms. The van der Waals surface area contributed by atoms with Crippen LogP contribution in [0.25, 0.3) is 10.8 Å². The van der Waals surface area contributed by atoms with Gasteiger partial charge < -0.3 is 9.73 Å². The van der Waals surface area contributed by atoms with E-state index in [-0.39, 0.29) is 5.54 Å². The second kappa shape index (κ2) is 6.06. The molecule has 0 saturated heterocycles. The van der Waals surface area contributed by atoms with Crippen LogP contribution in [0.2, 0.25) is 0 Å². The van der Waals surface area contributed by atoms with Gasteiger partial charge in [0.05, 0.1) is 4.88 Å². The minimum Gasteiger partial charge on any atom is -0.420 e. The van der Waals surface area contributed by atoms with Crippen molar-refractivity contribution in [2.75, 3.05) is 6.54 Å². The van der Waals surface area contributed by atoms with E-state index >= 15 is 0 Å². The summed E-state index contributed by atoms with van der Waals surface area (Å²) in [6.45, 7) is 11.7. The molecule has 0 aliphatic rings. The number of aryl methyl sites for hydroxylation is 3. The van der Waals surface area contributed by atoms with Crippen molar-refractivity contribution in [3.8, 4) is 10.8 Å². The van der Waals surface area contributed by atoms with Crippen LogP contribution in [0.1, 0.15) is 43.5 Å². The van der Waals surface area contributed by atoms with Gasteiger partial charge in [-0.2, -0.15) is 0 Å². The van der Waals surface area contributed by atoms with Gasteiger partial charge in [-0.05, 0) is 59.2 Å². The highest BCUT2D eigenvalue weighted by Gasteiger charge is 2.12. The SMILES string of the molecule is Cc1cc(-c2nnc(CCCNC(C)(C)C)o2)sc1C. The summed E-state index contributed by atoms with van der Waals surface area (Å²) < 4.78 is 5.73. The van der Waals surface area contributed by atoms with E-state index in [9.17, 15) is 0 Å². The molecule has 2 aromatic heterocycles. The number of nitrogens with one attached hydrogen (secondary N) is 1. The minimum atomic E-state index is 0.159. The largest absolute Gasteiger partial charge is 0.420 e. The molecule has 0 spiro atoms. The van der Waals surface area contributed by atoms with Crippen LogP contribution in [-0.2, 0) is 6.42 Å². The molecule has 20 heavy (non-hydrogen) atoms. The lowest BCUT2D eigenvalue weighted by atomic mass is 10.1. The fourth-order valence-corrected chi connectivity index (χ4v) is 2.79. The zero-order chi connectivity index (χ0) is 14.8. The maximum Gasteiger partial charge on any atom is 0.257 e. The summed E-state index contributed by atoms with van der Waals surface area (Å²) in [4.78, 5) is 2.36. The van der Waals surface area contributed by atoms with Crippen molar-refractivity contribution in [2.24, 2.45) is 0 Å². The van der Waals surface area contributed by atoms with Gasteiger partial charge in [-0.25, -0.2) is 0 Å². The number of thiophene rings is 1. The van der Waals surface area contributed by atoms with Crippen molar-refractivity contribution < 1.29 is 4.42 Å². The zero-order valence-electron chi connectivity index (χ0n) is 12.9. The molecule has 0 unspecified atom stereocenters. The van der Waals surface area contributed by atoms with E-state index in [0.717, 1.165) is 30.2 Å². The van der Waals surface area contributed by atoms with Crippen LogP contribution in [0.5, 0.6) is 0 Å². The summed E-state index contributed by atoms with van der Waals surface area (Å²) in [6.07, 6.45) is 1.82. The van der Waals surface area contributed by atoms with Crippen molar-refractivity contribution in [3.63, 3.8) is 0 Å². The quantitative estimate of drug-likeness (QED) is 0.853. The fourth-order valence-electron chi connectivity index (χ4n) is 1.84. The van der Waals surface area contributed by atoms with Crippen LogP contribution >= 0.6 is 11.3 Å². The molecular weight excluding hydrogens is 270 g/mol. The Balaban J connectivity index is 1.89. The van der Waals surface area contributed by atoms with Gasteiger partial charge in [0.25, 0.3) is 5.89 Å². The predicted octanol–water partition coefficient (Wildman–Crippen LogP) is 3.74. The van der Waals surface area contributed by atoms with Gasteiger partial charge in [-0.3, -0.25) is 0 Å². The van der Waals surface area contributed by atoms with Gasteiger partial charge in [0.2, 0.25) is 5.89 Å². The summed E-state index contributed by atoms with van der Waals surface area (Å²) in [5, 5.41) is 11.7. The number of hydrogen-bond acceptors (Lipinski definition) is 5. The van der Waals surface area contributed by atoms with Gasteiger partial charge in [0.15, 0.2) is 0 Å². The molecular formula is C15H23N3OS. The first-order valence-electron chi connectivity index (χ1n) is 7.00. The molecule has 4 nitrogen and oxygen atoms in total. The molecule has 0 aliphatic heterocycles. The van der Waals surface area contributed by atoms with Gasteiger partial charge in [-0.15, -0.1) is 21.5 Å². The maximum atomic E-state index is 5.73. The van der Waals surface area contributed by atoms with Crippen LogP contribution in [0, 0.1) is 13.8 Å². The van der Waals surface area contributed by atoms with E-state index in [1.54, 1.807) is 11.3 Å². The summed E-state index contributed by atoms with van der Waals surface area (Å²) in [6, 6.07) is 2.11. The van der Waals surface area contributed by atoms with E-state index in [4.69, 9.17) is 4.42 Å². The smallest absolute Gasteiger partial charge is 0.257 e. The number of rotatable bonds is 5. The fraction of sp³-hybridized carbons (Fsp3) is 0.600. The second-order valence-electron chi connectivity index (χ2n) is 6.13. The molecule has 0 radical (unpaired) electrons. The van der Waals surface area contributed by atoms with Crippen molar-refractivity contribution in [2.45, 2.75) is 53.0 Å². The Hall–Kier alpha value is -1.20. The third-order valence-corrected chi connectivity index (χ3v) is 4.21. The summed E-state index contributed by atoms with van der Waals surface area (Å²) in [5.74, 6) is 1.37. The summed E-state index contributed by atoms with van der Waals surface area (Å²) in [5.41, 5.74) is 1.44. The Kier molecular flexibility index (Phi) is 4.60. The van der Waals surface area contributed by atoms with E-state index in [1.165, 1.54) is 10.4 Å². The lowest BCUT2D eigenvalue weighted by Gasteiger charge is -2.19. The van der Waals surface area contributed by atoms with Gasteiger partial charge in [0.1, 0.15) is 0 Å². The lowest BCUT2D eigenvalue weighted by Crippen LogP contribution is -2.36. The Bertz CT molecular complexity index is 546. The topological polar surface area (TPSA) is 51.0 Å². The first-order chi connectivity index (χ1) is 9.35. The van der Waals surface area contributed by atoms with E-state index < -0.39 is 0 Å². The minimum absolute atomic E-state index is 0.159. The summed E-state index contributed by atoms with van der Waals surface area (Å²) >= 11 is 1.70. The zero-order valence-corrected chi connectivity index (χ0v) is 13.7. The molecule has 110 valence electrons. The molecule has 2 rings (SSSR count). The standard InChI is InChI=1S/C15H23N3OS/c1-10-9-12(20-11(10)2)14-18-17-13(19-14)7-6-8-16-15(3,4)5/h9,16H,6-8H2,1-5H3. The van der Waals surface area contributed by atoms with Crippen LogP contribution in [0.3, 0.4) is 0 Å². The van der Waals surface area contributed by atoms with Crippen molar-refractivity contribution in [1.82, 2.24) is 15.5 Å². The lowest BCUT2D eigenvalue weighted by molar-refractivity contribution is 0.413. The van der Waals surface area contributed by atoms with Crippen LogP contribution < -0.4 is 5.32 Å². The molecule has 0 bridgehead atoms. The van der Waals surface area contributed by atoms with Gasteiger partial charge in [0, 0.05) is 16.8 Å². The molecule has 0 saturated carbocycles. The Labute approximate surface area is 124 Å². The highest BCUT2D eigenvalue weighted by Crippen LogP contribution is 2.29. The molecule has 2 heterocycles. The maximum absolute atomic E-state index is 5.73. The van der Waals surface area contributed by atoms with Crippen molar-refractivity contribution >= 4 is 11.3 Å². The molecule has 0 fully saturated rings. The average molecular weight is 293 g/mol. The first kappa shape index (κ1) is 15.2. The normalized spacial score (nSPS) is 12.1. The number of aromatic nitrogens is 2. The first-order valence-corrected chi connectivity index (χ1v) is 7.81. The molecule has 0 amide bonds. The molecule has 0 atom stereocenters. The van der Waals surface area contributed by atoms with Crippen molar-refractivity contribution in [3.05, 3.63) is 22.4 Å². The molecule has 2 aromatic rings. The Morgan fingerprint density at radius 1 is 1.25 bits per heavy atom. The average Bonchev–Trinajstić information content (AvgIpc) is 2.92. The third-order valence-electron chi connectivity index (χ3n) is 3.07. The predicted molar refractivity (Wildman–Crippen MR) is 83.2 cm³/mol.